The van der Waals surface area contributed by atoms with Crippen LogP contribution in [0.5, 0.6) is 11.5 Å². The number of aromatic hydroxyl groups is 2. The summed E-state index contributed by atoms with van der Waals surface area (Å²) in [7, 11) is 0. The summed E-state index contributed by atoms with van der Waals surface area (Å²) in [6.07, 6.45) is 0. The van der Waals surface area contributed by atoms with Crippen LogP contribution in [-0.2, 0) is 4.79 Å². The Morgan fingerprint density at radius 3 is 1.00 bits per heavy atom. The van der Waals surface area contributed by atoms with Crippen LogP contribution >= 0.6 is 31.9 Å². The third kappa shape index (κ3) is 4.13. The number of ketones is 1. The number of rotatable bonds is 4. The second-order valence-corrected chi connectivity index (χ2v) is 9.77. The molecule has 0 aromatic heterocycles. The van der Waals surface area contributed by atoms with Crippen LogP contribution in [0, 0.1) is 0 Å². The zero-order valence-corrected chi connectivity index (χ0v) is 21.0. The van der Waals surface area contributed by atoms with Crippen LogP contribution < -0.4 is 0 Å². The number of Topliss-reactive ketones (excluding diaryl/α,β-unsaturated/α-hetero) is 1. The van der Waals surface area contributed by atoms with E-state index in [1.807, 2.05) is 48.5 Å². The van der Waals surface area contributed by atoms with Crippen LogP contribution in [0.1, 0.15) is 22.3 Å². The summed E-state index contributed by atoms with van der Waals surface area (Å²) in [6, 6.07) is 29.2. The molecule has 0 bridgehead atoms. The van der Waals surface area contributed by atoms with E-state index < -0.39 is 0 Å². The Labute approximate surface area is 214 Å². The molecule has 0 unspecified atom stereocenters. The predicted molar refractivity (Wildman–Crippen MR) is 143 cm³/mol. The summed E-state index contributed by atoms with van der Waals surface area (Å²) in [4.78, 5) is 14.1. The molecule has 0 spiro atoms. The first-order valence-electron chi connectivity index (χ1n) is 10.6. The molecule has 4 aromatic carbocycles. The molecule has 1 aliphatic carbocycles. The number of carbonyl (C=O) groups is 1. The van der Waals surface area contributed by atoms with Crippen molar-refractivity contribution in [3.8, 4) is 11.5 Å². The van der Waals surface area contributed by atoms with E-state index in [1.165, 1.54) is 0 Å². The quantitative estimate of drug-likeness (QED) is 0.263. The largest absolute Gasteiger partial charge is 0.508 e. The van der Waals surface area contributed by atoms with Gasteiger partial charge in [-0.1, -0.05) is 80.4 Å². The molecule has 4 aromatic rings. The van der Waals surface area contributed by atoms with E-state index in [-0.39, 0.29) is 17.3 Å². The molecule has 2 N–H and O–H groups in total. The maximum absolute atomic E-state index is 14.1. The van der Waals surface area contributed by atoms with Gasteiger partial charge in [0.2, 0.25) is 0 Å². The van der Waals surface area contributed by atoms with Crippen LogP contribution in [0.2, 0.25) is 0 Å². The first-order valence-corrected chi connectivity index (χ1v) is 12.2. The van der Waals surface area contributed by atoms with Gasteiger partial charge in [-0.15, -0.1) is 0 Å². The highest BCUT2D eigenvalue weighted by Crippen LogP contribution is 2.50. The molecule has 0 amide bonds. The highest BCUT2D eigenvalue weighted by Gasteiger charge is 2.35. The van der Waals surface area contributed by atoms with E-state index in [2.05, 4.69) is 31.9 Å². The van der Waals surface area contributed by atoms with Gasteiger partial charge < -0.3 is 10.2 Å². The van der Waals surface area contributed by atoms with Crippen molar-refractivity contribution in [2.24, 2.45) is 0 Å². The number of hydrogen-bond donors (Lipinski definition) is 2. The van der Waals surface area contributed by atoms with Gasteiger partial charge in [0, 0.05) is 31.2 Å². The Morgan fingerprint density at radius 2 is 0.676 bits per heavy atom. The molecule has 34 heavy (non-hydrogen) atoms. The fraction of sp³-hybridized carbons (Fsp3) is 0. The van der Waals surface area contributed by atoms with Gasteiger partial charge in [0.15, 0.2) is 5.78 Å². The molecule has 0 aliphatic heterocycles. The third-order valence-corrected chi connectivity index (χ3v) is 6.84. The van der Waals surface area contributed by atoms with Crippen molar-refractivity contribution >= 4 is 59.9 Å². The molecule has 0 heterocycles. The smallest absolute Gasteiger partial charge is 0.195 e. The molecule has 0 atom stereocenters. The number of carbonyl (C=O) groups excluding carboxylic acids is 1. The van der Waals surface area contributed by atoms with Crippen LogP contribution in [0.15, 0.2) is 106 Å². The van der Waals surface area contributed by atoms with Gasteiger partial charge in [0.05, 0.1) is 0 Å². The molecule has 5 rings (SSSR count). The van der Waals surface area contributed by atoms with E-state index >= 15 is 0 Å². The fourth-order valence-electron chi connectivity index (χ4n) is 4.22. The topological polar surface area (TPSA) is 57.5 Å². The van der Waals surface area contributed by atoms with Crippen LogP contribution in [0.4, 0.5) is 0 Å². The first-order chi connectivity index (χ1) is 16.4. The number of hydrogen-bond acceptors (Lipinski definition) is 3. The van der Waals surface area contributed by atoms with Gasteiger partial charge in [-0.2, -0.15) is 0 Å². The minimum absolute atomic E-state index is 0.104. The third-order valence-electron chi connectivity index (χ3n) is 5.78. The molecule has 0 fully saturated rings. The minimum Gasteiger partial charge on any atom is -0.508 e. The highest BCUT2D eigenvalue weighted by atomic mass is 79.9. The lowest BCUT2D eigenvalue weighted by molar-refractivity contribution is -0.108. The fourth-order valence-corrected chi connectivity index (χ4v) is 4.75. The summed E-state index contributed by atoms with van der Waals surface area (Å²) < 4.78 is 1.89. The van der Waals surface area contributed by atoms with Crippen molar-refractivity contribution in [2.45, 2.75) is 0 Å². The van der Waals surface area contributed by atoms with E-state index in [9.17, 15) is 15.0 Å². The SMILES string of the molecule is O=C1C(c2ccc(O)cc2)=C(c2ccc(Br)cc2)C(c2ccc(Br)cc2)=C1c1ccc(O)cc1. The molecule has 166 valence electrons. The Hall–Kier alpha value is -3.41. The van der Waals surface area contributed by atoms with Crippen LogP contribution in [0.3, 0.4) is 0 Å². The summed E-state index contributed by atoms with van der Waals surface area (Å²) >= 11 is 7.01. The van der Waals surface area contributed by atoms with E-state index in [1.54, 1.807) is 48.5 Å². The number of phenols is 2. The van der Waals surface area contributed by atoms with Gasteiger partial charge in [-0.25, -0.2) is 0 Å². The molecule has 1 aliphatic rings. The maximum atomic E-state index is 14.1. The second kappa shape index (κ2) is 9.09. The summed E-state index contributed by atoms with van der Waals surface area (Å²) in [6.45, 7) is 0. The minimum atomic E-state index is -0.104. The highest BCUT2D eigenvalue weighted by molar-refractivity contribution is 9.10. The molecular weight excluding hydrogens is 556 g/mol. The zero-order valence-electron chi connectivity index (χ0n) is 17.8. The lowest BCUT2D eigenvalue weighted by atomic mass is 9.89. The Morgan fingerprint density at radius 1 is 0.412 bits per heavy atom. The van der Waals surface area contributed by atoms with E-state index in [0.29, 0.717) is 11.1 Å². The normalized spacial score (nSPS) is 13.6. The van der Waals surface area contributed by atoms with Crippen LogP contribution in [-0.4, -0.2) is 16.0 Å². The lowest BCUT2D eigenvalue weighted by Gasteiger charge is -2.14. The molecule has 0 radical (unpaired) electrons. The van der Waals surface area contributed by atoms with Gasteiger partial charge in [-0.05, 0) is 70.8 Å². The molecular formula is C29H18Br2O3. The Kier molecular flexibility index (Phi) is 5.98. The van der Waals surface area contributed by atoms with Crippen molar-refractivity contribution in [3.05, 3.63) is 128 Å². The maximum Gasteiger partial charge on any atom is 0.195 e. The Balaban J connectivity index is 1.86. The summed E-state index contributed by atoms with van der Waals surface area (Å²) in [5.41, 5.74) is 6.07. The summed E-state index contributed by atoms with van der Waals surface area (Å²) in [5.74, 6) is 0.173. The van der Waals surface area contributed by atoms with Gasteiger partial charge in [0.25, 0.3) is 0 Å². The van der Waals surface area contributed by atoms with Gasteiger partial charge >= 0.3 is 0 Å². The number of benzene rings is 4. The average molecular weight is 574 g/mol. The van der Waals surface area contributed by atoms with Crippen molar-refractivity contribution in [3.63, 3.8) is 0 Å². The Bertz CT molecular complexity index is 1330. The molecule has 3 nitrogen and oxygen atoms in total. The standard InChI is InChI=1S/C29H18Br2O3/c30-21-9-1-17(2-10-21)25-26(18-3-11-22(31)12-4-18)28(20-7-15-24(33)16-8-20)29(34)27(25)19-5-13-23(32)14-6-19/h1-16,32-33H. The van der Waals surface area contributed by atoms with Crippen molar-refractivity contribution in [1.82, 2.24) is 0 Å². The molecule has 5 heteroatoms. The first kappa shape index (κ1) is 22.4. The van der Waals surface area contributed by atoms with Crippen molar-refractivity contribution in [1.29, 1.82) is 0 Å². The zero-order chi connectivity index (χ0) is 23.8. The lowest BCUT2D eigenvalue weighted by Crippen LogP contribution is -2.02. The summed E-state index contributed by atoms with van der Waals surface area (Å²) in [5, 5.41) is 19.7. The van der Waals surface area contributed by atoms with Crippen LogP contribution in [0.25, 0.3) is 22.3 Å². The average Bonchev–Trinajstić information content (AvgIpc) is 3.14. The number of allylic oxidation sites excluding steroid dienone is 4. The van der Waals surface area contributed by atoms with Gasteiger partial charge in [0.1, 0.15) is 11.5 Å². The number of phenolic OH excluding ortho intramolecular Hbond substituents is 2. The predicted octanol–water partition coefficient (Wildman–Crippen LogP) is 7.73. The van der Waals surface area contributed by atoms with Gasteiger partial charge in [-0.3, -0.25) is 4.79 Å². The van der Waals surface area contributed by atoms with Crippen molar-refractivity contribution < 1.29 is 15.0 Å². The molecule has 0 saturated carbocycles. The van der Waals surface area contributed by atoms with E-state index in [0.717, 1.165) is 42.3 Å². The second-order valence-electron chi connectivity index (χ2n) is 7.94. The molecule has 0 saturated heterocycles. The monoisotopic (exact) mass is 572 g/mol. The van der Waals surface area contributed by atoms with Crippen molar-refractivity contribution in [2.75, 3.05) is 0 Å². The van der Waals surface area contributed by atoms with E-state index in [4.69, 9.17) is 0 Å². The number of halogens is 2.